The minimum Gasteiger partial charge on any atom is -0.477 e. The normalized spacial score (nSPS) is 11.6. The molecule has 0 saturated carbocycles. The third-order valence-electron chi connectivity index (χ3n) is 4.28. The molecule has 0 aliphatic carbocycles. The van der Waals surface area contributed by atoms with Crippen LogP contribution in [0.25, 0.3) is 28.8 Å². The first-order valence-corrected chi connectivity index (χ1v) is 11.1. The van der Waals surface area contributed by atoms with Gasteiger partial charge in [0.2, 0.25) is 5.16 Å². The number of aromatic nitrogens is 3. The van der Waals surface area contributed by atoms with Gasteiger partial charge in [-0.3, -0.25) is 5.10 Å². The van der Waals surface area contributed by atoms with Crippen LogP contribution in [0, 0.1) is 6.92 Å². The topological polar surface area (TPSA) is 92.0 Å². The largest absolute Gasteiger partial charge is 0.477 e. The van der Waals surface area contributed by atoms with Crippen LogP contribution in [0.5, 0.6) is 0 Å². The molecule has 2 aromatic carbocycles. The van der Waals surface area contributed by atoms with Crippen molar-refractivity contribution in [1.82, 2.24) is 15.2 Å². The number of carbonyl (C=O) groups is 1. The van der Waals surface area contributed by atoms with Gasteiger partial charge in [-0.15, -0.1) is 5.10 Å². The molecule has 0 aliphatic heterocycles. The predicted octanol–water partition coefficient (Wildman–Crippen LogP) is 6.67. The van der Waals surface area contributed by atoms with E-state index in [-0.39, 0.29) is 10.1 Å². The Bertz CT molecular complexity index is 1280. The number of hydrogen-bond acceptors (Lipinski definition) is 5. The first kappa shape index (κ1) is 21.4. The summed E-state index contributed by atoms with van der Waals surface area (Å²) >= 11 is 10.4. The molecule has 2 N–H and O–H groups in total. The third kappa shape index (κ3) is 5.10. The average molecular weight is 517 g/mol. The van der Waals surface area contributed by atoms with Gasteiger partial charge in [-0.1, -0.05) is 33.6 Å². The Morgan fingerprint density at radius 3 is 2.68 bits per heavy atom. The van der Waals surface area contributed by atoms with E-state index in [1.165, 1.54) is 6.08 Å². The Kier molecular flexibility index (Phi) is 6.31. The molecule has 156 valence electrons. The van der Waals surface area contributed by atoms with E-state index >= 15 is 0 Å². The number of aliphatic carboxylic acids is 1. The van der Waals surface area contributed by atoms with Gasteiger partial charge < -0.3 is 9.52 Å². The van der Waals surface area contributed by atoms with Crippen LogP contribution in [0.1, 0.15) is 11.3 Å². The summed E-state index contributed by atoms with van der Waals surface area (Å²) in [4.78, 5) is 16.2. The molecule has 2 heterocycles. The van der Waals surface area contributed by atoms with Gasteiger partial charge in [0.25, 0.3) is 0 Å². The van der Waals surface area contributed by atoms with Crippen LogP contribution < -0.4 is 0 Å². The zero-order valence-electron chi connectivity index (χ0n) is 16.1. The number of hydrogen-bond donors (Lipinski definition) is 2. The highest BCUT2D eigenvalue weighted by atomic mass is 79.9. The summed E-state index contributed by atoms with van der Waals surface area (Å²) in [5, 5.41) is 17.4. The Balaban J connectivity index is 1.57. The zero-order valence-corrected chi connectivity index (χ0v) is 19.3. The van der Waals surface area contributed by atoms with Crippen LogP contribution >= 0.6 is 39.3 Å². The van der Waals surface area contributed by atoms with E-state index < -0.39 is 5.97 Å². The quantitative estimate of drug-likeness (QED) is 0.219. The van der Waals surface area contributed by atoms with Crippen molar-refractivity contribution in [1.29, 1.82) is 0 Å². The Morgan fingerprint density at radius 2 is 1.97 bits per heavy atom. The van der Waals surface area contributed by atoms with Crippen LogP contribution in [0.3, 0.4) is 0 Å². The lowest BCUT2D eigenvalue weighted by atomic mass is 10.1. The van der Waals surface area contributed by atoms with Crippen molar-refractivity contribution in [3.63, 3.8) is 0 Å². The van der Waals surface area contributed by atoms with Crippen molar-refractivity contribution in [2.24, 2.45) is 0 Å². The lowest BCUT2D eigenvalue weighted by Gasteiger charge is -2.02. The van der Waals surface area contributed by atoms with Gasteiger partial charge in [0, 0.05) is 26.7 Å². The number of benzene rings is 2. The molecule has 6 nitrogen and oxygen atoms in total. The van der Waals surface area contributed by atoms with Crippen molar-refractivity contribution in [3.05, 3.63) is 80.3 Å². The SMILES string of the molecule is Cc1ccc(-c2ccc(/C=C(\Sc3n[nH]c(-c4ccc(Cl)cc4)n3)C(=O)O)o2)c(Br)c1. The van der Waals surface area contributed by atoms with Crippen LogP contribution in [-0.4, -0.2) is 26.3 Å². The third-order valence-corrected chi connectivity index (χ3v) is 6.07. The number of furan rings is 1. The molecule has 31 heavy (non-hydrogen) atoms. The fourth-order valence-electron chi connectivity index (χ4n) is 2.79. The molecule has 4 rings (SSSR count). The maximum atomic E-state index is 11.8. The average Bonchev–Trinajstić information content (AvgIpc) is 3.38. The van der Waals surface area contributed by atoms with E-state index in [0.717, 1.165) is 32.9 Å². The molecular formula is C22H15BrClN3O3S. The highest BCUT2D eigenvalue weighted by Gasteiger charge is 2.16. The lowest BCUT2D eigenvalue weighted by Crippen LogP contribution is -1.97. The van der Waals surface area contributed by atoms with Crippen molar-refractivity contribution in [2.45, 2.75) is 12.1 Å². The van der Waals surface area contributed by atoms with E-state index in [4.69, 9.17) is 16.0 Å². The number of H-pyrrole nitrogens is 1. The fraction of sp³-hybridized carbons (Fsp3) is 0.0455. The fourth-order valence-corrected chi connectivity index (χ4v) is 4.29. The summed E-state index contributed by atoms with van der Waals surface area (Å²) in [7, 11) is 0. The molecule has 9 heteroatoms. The van der Waals surface area contributed by atoms with Gasteiger partial charge >= 0.3 is 5.97 Å². The first-order valence-electron chi connectivity index (χ1n) is 9.06. The number of nitrogens with zero attached hydrogens (tertiary/aromatic N) is 2. The number of aromatic amines is 1. The molecule has 4 aromatic rings. The monoisotopic (exact) mass is 515 g/mol. The number of rotatable bonds is 6. The van der Waals surface area contributed by atoms with Gasteiger partial charge in [0.1, 0.15) is 16.4 Å². The molecule has 0 aliphatic rings. The Hall–Kier alpha value is -2.81. The standard InChI is InChI=1S/C22H15BrClN3O3S/c1-12-2-8-16(17(23)10-12)18-9-7-15(30-18)11-19(21(28)29)31-22-25-20(26-27-22)13-3-5-14(24)6-4-13/h2-11H,1H3,(H,28,29)(H,25,26,27)/b19-11-. The number of thioether (sulfide) groups is 1. The van der Waals surface area contributed by atoms with E-state index in [2.05, 4.69) is 31.1 Å². The molecule has 0 atom stereocenters. The van der Waals surface area contributed by atoms with Crippen LogP contribution in [-0.2, 0) is 4.79 Å². The smallest absolute Gasteiger partial charge is 0.342 e. The zero-order chi connectivity index (χ0) is 22.0. The Morgan fingerprint density at radius 1 is 1.19 bits per heavy atom. The second-order valence-corrected chi connectivity index (χ2v) is 8.87. The number of carboxylic acid groups (broad SMARTS) is 1. The summed E-state index contributed by atoms with van der Waals surface area (Å²) in [6.45, 7) is 2.00. The summed E-state index contributed by atoms with van der Waals surface area (Å²) in [6.07, 6.45) is 1.46. The highest BCUT2D eigenvalue weighted by molar-refractivity contribution is 9.10. The van der Waals surface area contributed by atoms with Gasteiger partial charge in [-0.2, -0.15) is 0 Å². The van der Waals surface area contributed by atoms with E-state index in [1.54, 1.807) is 36.4 Å². The van der Waals surface area contributed by atoms with Crippen molar-refractivity contribution >= 4 is 51.3 Å². The number of halogens is 2. The van der Waals surface area contributed by atoms with Crippen LogP contribution in [0.2, 0.25) is 5.02 Å². The van der Waals surface area contributed by atoms with Gasteiger partial charge in [0.05, 0.1) is 0 Å². The van der Waals surface area contributed by atoms with Crippen LogP contribution in [0.4, 0.5) is 0 Å². The minimum atomic E-state index is -1.10. The maximum absolute atomic E-state index is 11.8. The predicted molar refractivity (Wildman–Crippen MR) is 125 cm³/mol. The molecule has 2 aromatic heterocycles. The van der Waals surface area contributed by atoms with Gasteiger partial charge in [-0.05, 0) is 72.8 Å². The number of aryl methyl sites for hydroxylation is 1. The van der Waals surface area contributed by atoms with Crippen molar-refractivity contribution in [2.75, 3.05) is 0 Å². The summed E-state index contributed by atoms with van der Waals surface area (Å²) < 4.78 is 6.75. The molecular weight excluding hydrogens is 502 g/mol. The molecule has 0 fully saturated rings. The molecule has 0 bridgehead atoms. The maximum Gasteiger partial charge on any atom is 0.342 e. The summed E-state index contributed by atoms with van der Waals surface area (Å²) in [5.41, 5.74) is 2.80. The molecule has 0 unspecified atom stereocenters. The van der Waals surface area contributed by atoms with E-state index in [9.17, 15) is 9.90 Å². The molecule has 0 saturated heterocycles. The summed E-state index contributed by atoms with van der Waals surface area (Å²) in [6, 6.07) is 16.6. The Labute approximate surface area is 195 Å². The second-order valence-electron chi connectivity index (χ2n) is 6.57. The molecule has 0 radical (unpaired) electrons. The van der Waals surface area contributed by atoms with Gasteiger partial charge in [0.15, 0.2) is 5.82 Å². The summed E-state index contributed by atoms with van der Waals surface area (Å²) in [5.74, 6) is 0.474. The highest BCUT2D eigenvalue weighted by Crippen LogP contribution is 2.33. The van der Waals surface area contributed by atoms with E-state index in [0.29, 0.717) is 22.4 Å². The second kappa shape index (κ2) is 9.13. The minimum absolute atomic E-state index is 0.0329. The van der Waals surface area contributed by atoms with E-state index in [1.807, 2.05) is 25.1 Å². The molecule has 0 amide bonds. The number of nitrogens with one attached hydrogen (secondary N) is 1. The lowest BCUT2D eigenvalue weighted by molar-refractivity contribution is -0.131. The van der Waals surface area contributed by atoms with Crippen LogP contribution in [0.15, 0.2) is 73.5 Å². The van der Waals surface area contributed by atoms with Crippen molar-refractivity contribution < 1.29 is 14.3 Å². The molecule has 0 spiro atoms. The number of carboxylic acids is 1. The first-order chi connectivity index (χ1) is 14.9. The van der Waals surface area contributed by atoms with Gasteiger partial charge in [-0.25, -0.2) is 9.78 Å². The van der Waals surface area contributed by atoms with Crippen molar-refractivity contribution in [3.8, 4) is 22.7 Å².